The number of hydrogen-bond acceptors (Lipinski definition) is 8. The van der Waals surface area contributed by atoms with Gasteiger partial charge < -0.3 is 25.8 Å². The Bertz CT molecular complexity index is 1290. The normalized spacial score (nSPS) is 20.3. The predicted molar refractivity (Wildman–Crippen MR) is 139 cm³/mol. The lowest BCUT2D eigenvalue weighted by Gasteiger charge is -2.29. The molecule has 1 saturated carbocycles. The van der Waals surface area contributed by atoms with Gasteiger partial charge in [0.05, 0.1) is 34.1 Å². The van der Waals surface area contributed by atoms with Crippen LogP contribution in [0.1, 0.15) is 36.8 Å². The molecule has 0 amide bonds. The van der Waals surface area contributed by atoms with E-state index in [4.69, 9.17) is 34.7 Å². The van der Waals surface area contributed by atoms with Crippen LogP contribution in [-0.4, -0.2) is 62.9 Å². The molecule has 1 aliphatic heterocycles. The molecule has 3 heterocycles. The minimum absolute atomic E-state index is 0.142. The number of carbonyl (C=O) groups is 1. The molecule has 2 aromatic heterocycles. The molecule has 11 heteroatoms. The maximum Gasteiger partial charge on any atom is 0.165 e. The number of aromatic nitrogens is 4. The summed E-state index contributed by atoms with van der Waals surface area (Å²) in [6, 6.07) is 1.91. The fourth-order valence-electron chi connectivity index (χ4n) is 4.91. The van der Waals surface area contributed by atoms with Gasteiger partial charge in [0.25, 0.3) is 0 Å². The van der Waals surface area contributed by atoms with Gasteiger partial charge in [-0.1, -0.05) is 23.2 Å². The molecule has 186 valence electrons. The lowest BCUT2D eigenvalue weighted by Crippen LogP contribution is -2.50. The molecule has 1 aromatic carbocycles. The van der Waals surface area contributed by atoms with Crippen LogP contribution in [0.3, 0.4) is 0 Å². The molecule has 2 fully saturated rings. The molecule has 5 rings (SSSR count). The highest BCUT2D eigenvalue weighted by Crippen LogP contribution is 2.42. The van der Waals surface area contributed by atoms with Crippen molar-refractivity contribution in [2.45, 2.75) is 44.3 Å². The van der Waals surface area contributed by atoms with Gasteiger partial charge in [0.15, 0.2) is 17.2 Å². The van der Waals surface area contributed by atoms with E-state index in [1.165, 1.54) is 6.33 Å². The zero-order chi connectivity index (χ0) is 24.9. The number of nitrogens with zero attached hydrogens (tertiary/aromatic N) is 6. The predicted octanol–water partition coefficient (Wildman–Crippen LogP) is 3.10. The fraction of sp³-hybridized carbons (Fsp3) is 0.500. The molecular formula is C24H30Cl2N8O. The number of nitrogens with two attached hydrogens (primary N) is 2. The standard InChI is InChI=1S/C24H30Cl2N8O/c1-32(2)9-15-8-17(25)19(26)21(33-6-5-24(28,11-33)18(35)7-14-3-4-14)16(15)10-34-13-31-20-22(27)29-12-30-23(20)34/h8,12-14H,3-7,9-11,28H2,1-2H3,(H2,27,29,30)/t24-/m1/s1. The average Bonchev–Trinajstić information content (AvgIpc) is 3.38. The first-order chi connectivity index (χ1) is 16.7. The largest absolute Gasteiger partial charge is 0.382 e. The van der Waals surface area contributed by atoms with Crippen molar-refractivity contribution in [1.29, 1.82) is 0 Å². The molecule has 0 unspecified atom stereocenters. The molecule has 4 N–H and O–H groups in total. The fourth-order valence-corrected chi connectivity index (χ4v) is 5.42. The van der Waals surface area contributed by atoms with Crippen molar-refractivity contribution in [1.82, 2.24) is 24.4 Å². The third kappa shape index (κ3) is 4.70. The Morgan fingerprint density at radius 2 is 2.03 bits per heavy atom. The van der Waals surface area contributed by atoms with Gasteiger partial charge in [-0.2, -0.15) is 0 Å². The molecule has 1 atom stereocenters. The number of ketones is 1. The van der Waals surface area contributed by atoms with E-state index in [-0.39, 0.29) is 5.78 Å². The average molecular weight is 517 g/mol. The zero-order valence-corrected chi connectivity index (χ0v) is 21.5. The Hall–Kier alpha value is -2.46. The van der Waals surface area contributed by atoms with Crippen LogP contribution in [0.2, 0.25) is 10.0 Å². The first-order valence-electron chi connectivity index (χ1n) is 11.8. The third-order valence-electron chi connectivity index (χ3n) is 6.98. The summed E-state index contributed by atoms with van der Waals surface area (Å²) >= 11 is 13.5. The summed E-state index contributed by atoms with van der Waals surface area (Å²) in [6.07, 6.45) is 6.53. The Morgan fingerprint density at radius 1 is 1.26 bits per heavy atom. The number of rotatable bonds is 8. The van der Waals surface area contributed by atoms with E-state index in [2.05, 4.69) is 24.8 Å². The SMILES string of the molecule is CN(C)Cc1cc(Cl)c(Cl)c(N2CC[C@](N)(C(=O)CC3CC3)C2)c1Cn1cnc2c(N)ncnc21. The van der Waals surface area contributed by atoms with E-state index in [0.29, 0.717) is 72.0 Å². The number of benzene rings is 1. The first kappa shape index (κ1) is 24.2. The van der Waals surface area contributed by atoms with Crippen LogP contribution in [0.4, 0.5) is 11.5 Å². The van der Waals surface area contributed by atoms with Gasteiger partial charge in [0.2, 0.25) is 0 Å². The monoisotopic (exact) mass is 516 g/mol. The molecule has 1 saturated heterocycles. The van der Waals surface area contributed by atoms with Crippen molar-refractivity contribution >= 4 is 51.7 Å². The second kappa shape index (κ2) is 9.20. The van der Waals surface area contributed by atoms with Crippen molar-refractivity contribution in [2.24, 2.45) is 11.7 Å². The van der Waals surface area contributed by atoms with E-state index >= 15 is 0 Å². The van der Waals surface area contributed by atoms with Crippen molar-refractivity contribution in [3.8, 4) is 0 Å². The van der Waals surface area contributed by atoms with Gasteiger partial charge in [-0.05, 0) is 50.9 Å². The molecule has 35 heavy (non-hydrogen) atoms. The number of imidazole rings is 1. The molecule has 2 aliphatic rings. The first-order valence-corrected chi connectivity index (χ1v) is 12.5. The maximum absolute atomic E-state index is 13.0. The van der Waals surface area contributed by atoms with Gasteiger partial charge in [-0.25, -0.2) is 15.0 Å². The van der Waals surface area contributed by atoms with Crippen molar-refractivity contribution in [3.63, 3.8) is 0 Å². The van der Waals surface area contributed by atoms with Crippen molar-refractivity contribution in [2.75, 3.05) is 37.8 Å². The lowest BCUT2D eigenvalue weighted by atomic mass is 9.91. The van der Waals surface area contributed by atoms with E-state index in [1.807, 2.05) is 24.7 Å². The highest BCUT2D eigenvalue weighted by atomic mass is 35.5. The summed E-state index contributed by atoms with van der Waals surface area (Å²) in [5.74, 6) is 0.972. The molecule has 3 aromatic rings. The van der Waals surface area contributed by atoms with Crippen molar-refractivity contribution < 1.29 is 4.79 Å². The van der Waals surface area contributed by atoms with Crippen LogP contribution in [0.25, 0.3) is 11.2 Å². The number of nitrogen functional groups attached to an aromatic ring is 1. The van der Waals surface area contributed by atoms with E-state index in [1.54, 1.807) is 6.33 Å². The molecule has 0 spiro atoms. The van der Waals surface area contributed by atoms with E-state index in [0.717, 1.165) is 29.7 Å². The Labute approximate surface area is 214 Å². The minimum Gasteiger partial charge on any atom is -0.382 e. The molecule has 9 nitrogen and oxygen atoms in total. The number of Topliss-reactive ketones (excluding diaryl/α,β-unsaturated/α-hetero) is 1. The number of halogens is 2. The van der Waals surface area contributed by atoms with E-state index < -0.39 is 5.54 Å². The van der Waals surface area contributed by atoms with Gasteiger partial charge >= 0.3 is 0 Å². The van der Waals surface area contributed by atoms with Crippen LogP contribution in [0.5, 0.6) is 0 Å². The summed E-state index contributed by atoms with van der Waals surface area (Å²) < 4.78 is 1.93. The second-order valence-electron chi connectivity index (χ2n) is 10.1. The second-order valence-corrected chi connectivity index (χ2v) is 10.9. The van der Waals surface area contributed by atoms with Crippen LogP contribution >= 0.6 is 23.2 Å². The highest BCUT2D eigenvalue weighted by Gasteiger charge is 2.43. The van der Waals surface area contributed by atoms with Crippen LogP contribution in [-0.2, 0) is 17.9 Å². The summed E-state index contributed by atoms with van der Waals surface area (Å²) in [5, 5.41) is 0.935. The zero-order valence-electron chi connectivity index (χ0n) is 20.0. The molecule has 0 radical (unpaired) electrons. The number of hydrogen-bond donors (Lipinski definition) is 2. The van der Waals surface area contributed by atoms with Crippen LogP contribution < -0.4 is 16.4 Å². The van der Waals surface area contributed by atoms with Gasteiger partial charge in [-0.15, -0.1) is 0 Å². The molecule has 0 bridgehead atoms. The summed E-state index contributed by atoms with van der Waals surface area (Å²) in [6.45, 7) is 2.14. The smallest absolute Gasteiger partial charge is 0.165 e. The lowest BCUT2D eigenvalue weighted by molar-refractivity contribution is -0.123. The number of anilines is 2. The summed E-state index contributed by atoms with van der Waals surface area (Å²) in [5.41, 5.74) is 15.8. The number of carbonyl (C=O) groups excluding carboxylic acids is 1. The van der Waals surface area contributed by atoms with Crippen molar-refractivity contribution in [3.05, 3.63) is 39.9 Å². The minimum atomic E-state index is -0.878. The quantitative estimate of drug-likeness (QED) is 0.468. The number of fused-ring (bicyclic) bond motifs is 1. The Morgan fingerprint density at radius 3 is 2.74 bits per heavy atom. The van der Waals surface area contributed by atoms with Gasteiger partial charge in [-0.3, -0.25) is 4.79 Å². The summed E-state index contributed by atoms with van der Waals surface area (Å²) in [7, 11) is 4.01. The van der Waals surface area contributed by atoms with Crippen LogP contribution in [0.15, 0.2) is 18.7 Å². The maximum atomic E-state index is 13.0. The third-order valence-corrected chi connectivity index (χ3v) is 7.76. The Balaban J connectivity index is 1.56. The van der Waals surface area contributed by atoms with E-state index in [9.17, 15) is 4.79 Å². The molecular weight excluding hydrogens is 487 g/mol. The highest BCUT2D eigenvalue weighted by molar-refractivity contribution is 6.44. The topological polar surface area (TPSA) is 119 Å². The molecule has 1 aliphatic carbocycles. The van der Waals surface area contributed by atoms with Gasteiger partial charge in [0, 0.05) is 31.6 Å². The van der Waals surface area contributed by atoms with Gasteiger partial charge in [0.1, 0.15) is 11.8 Å². The Kier molecular flexibility index (Phi) is 6.37. The summed E-state index contributed by atoms with van der Waals surface area (Å²) in [4.78, 5) is 30.1. The van der Waals surface area contributed by atoms with Crippen LogP contribution in [0, 0.1) is 5.92 Å².